The lowest BCUT2D eigenvalue weighted by Gasteiger charge is -2.25. The molecule has 1 aromatic heterocycles. The minimum Gasteiger partial charge on any atom is -0.490 e. The summed E-state index contributed by atoms with van der Waals surface area (Å²) in [5, 5.41) is 2.32. The fraction of sp³-hybridized carbons (Fsp3) is 0.231. The number of benzene rings is 4. The highest BCUT2D eigenvalue weighted by Crippen LogP contribution is 2.37. The topological polar surface area (TPSA) is 115 Å². The van der Waals surface area contributed by atoms with Gasteiger partial charge >= 0.3 is 11.9 Å². The van der Waals surface area contributed by atoms with E-state index in [1.54, 1.807) is 38.1 Å². The third kappa shape index (κ3) is 7.96. The van der Waals surface area contributed by atoms with E-state index >= 15 is 0 Å². The van der Waals surface area contributed by atoms with Crippen LogP contribution in [0.3, 0.4) is 0 Å². The van der Waals surface area contributed by atoms with Gasteiger partial charge in [-0.05, 0) is 123 Å². The average molecular weight is 898 g/mol. The Bertz CT molecular complexity index is 2380. The number of halogens is 2. The van der Waals surface area contributed by atoms with Crippen LogP contribution in [-0.4, -0.2) is 43.4 Å². The Labute approximate surface area is 325 Å². The third-order valence-corrected chi connectivity index (χ3v) is 10.6. The fourth-order valence-electron chi connectivity index (χ4n) is 5.82. The summed E-state index contributed by atoms with van der Waals surface area (Å²) >= 11 is 7.14. The van der Waals surface area contributed by atoms with E-state index in [9.17, 15) is 14.4 Å². The van der Waals surface area contributed by atoms with E-state index in [1.165, 1.54) is 28.4 Å². The molecule has 0 amide bonds. The molecule has 0 unspecified atom stereocenters. The number of carbonyl (C=O) groups excluding carboxylic acids is 2. The number of nitrogens with zero attached hydrogens (tertiary/aromatic N) is 2. The molecule has 10 nitrogen and oxygen atoms in total. The van der Waals surface area contributed by atoms with Crippen LogP contribution in [-0.2, 0) is 25.7 Å². The monoisotopic (exact) mass is 896 g/mol. The predicted molar refractivity (Wildman–Crippen MR) is 211 cm³/mol. The second-order valence-electron chi connectivity index (χ2n) is 11.6. The Hall–Kier alpha value is -4.47. The highest BCUT2D eigenvalue weighted by Gasteiger charge is 2.34. The van der Waals surface area contributed by atoms with Crippen LogP contribution in [0.4, 0.5) is 0 Å². The number of hydrogen-bond acceptors (Lipinski definition) is 10. The van der Waals surface area contributed by atoms with E-state index in [2.05, 4.69) is 73.8 Å². The summed E-state index contributed by atoms with van der Waals surface area (Å²) in [7, 11) is 1.28. The molecular formula is C39H34BrIN2O8S. The van der Waals surface area contributed by atoms with Gasteiger partial charge in [-0.2, -0.15) is 0 Å². The number of carbonyl (C=O) groups is 2. The number of rotatable bonds is 12. The van der Waals surface area contributed by atoms with Gasteiger partial charge in [-0.15, -0.1) is 0 Å². The van der Waals surface area contributed by atoms with Gasteiger partial charge < -0.3 is 23.7 Å². The Balaban J connectivity index is 1.37. The SMILES string of the molecule is CCOC(=O)C1=C(C)N=c2s/c(=C\c3cc(Br)c(OCc4ccc5ccccc5c4)c(I)c3)c(=O)n2[C@H]1c1ccc(OCC(=O)OC)c(OCC)c1. The van der Waals surface area contributed by atoms with E-state index in [-0.39, 0.29) is 24.3 Å². The Kier molecular flexibility index (Phi) is 11.8. The molecule has 6 rings (SSSR count). The molecule has 52 heavy (non-hydrogen) atoms. The molecule has 1 aliphatic rings. The lowest BCUT2D eigenvalue weighted by molar-refractivity contribution is -0.143. The molecule has 2 heterocycles. The molecule has 0 aliphatic carbocycles. The van der Waals surface area contributed by atoms with Crippen LogP contribution in [0.5, 0.6) is 17.2 Å². The van der Waals surface area contributed by atoms with Gasteiger partial charge in [0, 0.05) is 0 Å². The first-order valence-electron chi connectivity index (χ1n) is 16.4. The molecular weight excluding hydrogens is 863 g/mol. The van der Waals surface area contributed by atoms with Crippen molar-refractivity contribution in [2.24, 2.45) is 4.99 Å². The quantitative estimate of drug-likeness (QED) is 0.0988. The van der Waals surface area contributed by atoms with Crippen molar-refractivity contribution in [3.8, 4) is 17.2 Å². The van der Waals surface area contributed by atoms with Gasteiger partial charge in [-0.1, -0.05) is 53.8 Å². The summed E-state index contributed by atoms with van der Waals surface area (Å²) < 4.78 is 31.5. The van der Waals surface area contributed by atoms with E-state index < -0.39 is 18.0 Å². The van der Waals surface area contributed by atoms with Crippen molar-refractivity contribution < 1.29 is 33.3 Å². The number of esters is 2. The summed E-state index contributed by atoms with van der Waals surface area (Å²) in [6.45, 7) is 5.79. The number of allylic oxidation sites excluding steroid dienone is 1. The van der Waals surface area contributed by atoms with Crippen molar-refractivity contribution in [2.45, 2.75) is 33.4 Å². The van der Waals surface area contributed by atoms with Crippen molar-refractivity contribution in [2.75, 3.05) is 26.9 Å². The maximum atomic E-state index is 14.3. The van der Waals surface area contributed by atoms with Crippen molar-refractivity contribution in [3.63, 3.8) is 0 Å². The molecule has 4 aromatic carbocycles. The first-order valence-corrected chi connectivity index (χ1v) is 19.1. The summed E-state index contributed by atoms with van der Waals surface area (Å²) in [4.78, 5) is 44.6. The Morgan fingerprint density at radius 3 is 2.48 bits per heavy atom. The fourth-order valence-corrected chi connectivity index (χ4v) is 8.64. The standard InChI is InChI=1S/C39H34BrIN2O8S/c1-5-48-31-19-27(13-14-30(31)50-21-33(44)47-4)35-34(38(46)49-6-2)22(3)42-39-43(35)37(45)32(52-39)18-24-16-28(40)36(29(41)17-24)51-20-23-11-12-25-9-7-8-10-26(25)15-23/h7-19,35H,5-6,20-21H2,1-4H3/b32-18-/t35-/m0/s1. The number of fused-ring (bicyclic) bond motifs is 2. The Morgan fingerprint density at radius 1 is 0.962 bits per heavy atom. The van der Waals surface area contributed by atoms with Gasteiger partial charge in [-0.3, -0.25) is 9.36 Å². The molecule has 13 heteroatoms. The highest BCUT2D eigenvalue weighted by atomic mass is 127. The Morgan fingerprint density at radius 2 is 1.75 bits per heavy atom. The van der Waals surface area contributed by atoms with E-state index in [1.807, 2.05) is 31.2 Å². The second kappa shape index (κ2) is 16.5. The molecule has 0 bridgehead atoms. The van der Waals surface area contributed by atoms with Crippen LogP contribution in [0, 0.1) is 3.57 Å². The molecule has 5 aromatic rings. The molecule has 0 radical (unpaired) electrons. The molecule has 0 fully saturated rings. The zero-order valence-electron chi connectivity index (χ0n) is 28.7. The molecule has 1 aliphatic heterocycles. The van der Waals surface area contributed by atoms with Gasteiger partial charge in [0.1, 0.15) is 12.4 Å². The smallest absolute Gasteiger partial charge is 0.343 e. The minimum absolute atomic E-state index is 0.146. The second-order valence-corrected chi connectivity index (χ2v) is 14.6. The van der Waals surface area contributed by atoms with Gasteiger partial charge in [0.25, 0.3) is 5.56 Å². The van der Waals surface area contributed by atoms with Crippen molar-refractivity contribution in [3.05, 3.63) is 128 Å². The van der Waals surface area contributed by atoms with Gasteiger partial charge in [0.05, 0.1) is 50.2 Å². The van der Waals surface area contributed by atoms with Gasteiger partial charge in [0.2, 0.25) is 0 Å². The summed E-state index contributed by atoms with van der Waals surface area (Å²) in [5.74, 6) is 0.223. The van der Waals surface area contributed by atoms with Crippen LogP contribution in [0.2, 0.25) is 0 Å². The maximum Gasteiger partial charge on any atom is 0.343 e. The lowest BCUT2D eigenvalue weighted by Crippen LogP contribution is -2.40. The number of hydrogen-bond donors (Lipinski definition) is 0. The summed E-state index contributed by atoms with van der Waals surface area (Å²) in [6, 6.07) is 22.5. The average Bonchev–Trinajstić information content (AvgIpc) is 3.43. The minimum atomic E-state index is -0.871. The van der Waals surface area contributed by atoms with E-state index in [0.29, 0.717) is 51.1 Å². The van der Waals surface area contributed by atoms with E-state index in [4.69, 9.17) is 23.7 Å². The predicted octanol–water partition coefficient (Wildman–Crippen LogP) is 6.85. The zero-order chi connectivity index (χ0) is 36.9. The first-order chi connectivity index (χ1) is 25.1. The highest BCUT2D eigenvalue weighted by molar-refractivity contribution is 14.1. The normalized spacial score (nSPS) is 14.1. The zero-order valence-corrected chi connectivity index (χ0v) is 33.3. The van der Waals surface area contributed by atoms with Gasteiger partial charge in [0.15, 0.2) is 22.9 Å². The molecule has 0 N–H and O–H groups in total. The molecule has 1 atom stereocenters. The number of methoxy groups -OCH3 is 1. The van der Waals surface area contributed by atoms with Crippen LogP contribution in [0.25, 0.3) is 16.8 Å². The van der Waals surface area contributed by atoms with Crippen LogP contribution in [0.15, 0.2) is 98.3 Å². The number of aromatic nitrogens is 1. The van der Waals surface area contributed by atoms with Crippen LogP contribution >= 0.6 is 49.9 Å². The molecule has 0 saturated heterocycles. The molecule has 0 saturated carbocycles. The number of thiazole rings is 1. The molecule has 268 valence electrons. The summed E-state index contributed by atoms with van der Waals surface area (Å²) in [5.41, 5.74) is 2.75. The maximum absolute atomic E-state index is 14.3. The van der Waals surface area contributed by atoms with Gasteiger partial charge in [-0.25, -0.2) is 14.6 Å². The third-order valence-electron chi connectivity index (χ3n) is 8.19. The van der Waals surface area contributed by atoms with E-state index in [0.717, 1.165) is 24.6 Å². The molecule has 0 spiro atoms. The lowest BCUT2D eigenvalue weighted by atomic mass is 9.95. The van der Waals surface area contributed by atoms with Crippen molar-refractivity contribution >= 4 is 78.6 Å². The van der Waals surface area contributed by atoms with Crippen molar-refractivity contribution in [1.82, 2.24) is 4.57 Å². The largest absolute Gasteiger partial charge is 0.490 e. The van der Waals surface area contributed by atoms with Crippen LogP contribution < -0.4 is 29.1 Å². The van der Waals surface area contributed by atoms with Crippen LogP contribution in [0.1, 0.15) is 43.5 Å². The number of ether oxygens (including phenoxy) is 5. The first kappa shape index (κ1) is 37.3. The van der Waals surface area contributed by atoms with Crippen molar-refractivity contribution in [1.29, 1.82) is 0 Å². The summed E-state index contributed by atoms with van der Waals surface area (Å²) in [6.07, 6.45) is 1.81.